The van der Waals surface area contributed by atoms with Gasteiger partial charge in [-0.25, -0.2) is 4.79 Å². The largest absolute Gasteiger partial charge is 0.497 e. The van der Waals surface area contributed by atoms with Gasteiger partial charge in [-0.3, -0.25) is 14.5 Å². The first-order chi connectivity index (χ1) is 14.0. The smallest absolute Gasteiger partial charge is 0.331 e. The lowest BCUT2D eigenvalue weighted by Gasteiger charge is -2.29. The monoisotopic (exact) mass is 392 g/mol. The molecule has 0 aromatic heterocycles. The molecule has 1 fully saturated rings. The van der Waals surface area contributed by atoms with Crippen molar-refractivity contribution in [3.05, 3.63) is 60.2 Å². The second-order valence-corrected chi connectivity index (χ2v) is 6.53. The Morgan fingerprint density at radius 1 is 1.17 bits per heavy atom. The number of nitriles is 1. The fourth-order valence-corrected chi connectivity index (χ4v) is 3.57. The summed E-state index contributed by atoms with van der Waals surface area (Å²) in [5.74, 6) is -2.60. The highest BCUT2D eigenvalue weighted by Gasteiger charge is 2.58. The molecule has 1 aliphatic rings. The zero-order chi connectivity index (χ0) is 21.0. The number of para-hydroxylation sites is 1. The Morgan fingerprint density at radius 3 is 2.38 bits per heavy atom. The molecule has 1 aliphatic heterocycles. The van der Waals surface area contributed by atoms with Gasteiger partial charge < -0.3 is 9.47 Å². The van der Waals surface area contributed by atoms with Crippen molar-refractivity contribution in [2.45, 2.75) is 18.8 Å². The average Bonchev–Trinajstić information content (AvgIpc) is 3.04. The van der Waals surface area contributed by atoms with Gasteiger partial charge in [-0.2, -0.15) is 5.26 Å². The maximum absolute atomic E-state index is 13.2. The van der Waals surface area contributed by atoms with Crippen molar-refractivity contribution in [2.75, 3.05) is 18.6 Å². The molecule has 0 radical (unpaired) electrons. The van der Waals surface area contributed by atoms with E-state index < -0.39 is 29.1 Å². The topological polar surface area (TPSA) is 96.7 Å². The molecule has 0 bridgehead atoms. The van der Waals surface area contributed by atoms with Crippen LogP contribution in [0.1, 0.15) is 18.9 Å². The van der Waals surface area contributed by atoms with Gasteiger partial charge in [-0.1, -0.05) is 30.3 Å². The van der Waals surface area contributed by atoms with Gasteiger partial charge in [-0.15, -0.1) is 0 Å². The van der Waals surface area contributed by atoms with E-state index in [-0.39, 0.29) is 18.6 Å². The van der Waals surface area contributed by atoms with E-state index in [1.54, 1.807) is 61.5 Å². The van der Waals surface area contributed by atoms with Gasteiger partial charge in [0.1, 0.15) is 5.75 Å². The first-order valence-electron chi connectivity index (χ1n) is 9.14. The summed E-state index contributed by atoms with van der Waals surface area (Å²) < 4.78 is 10.3. The highest BCUT2D eigenvalue weighted by Crippen LogP contribution is 2.42. The summed E-state index contributed by atoms with van der Waals surface area (Å²) in [6, 6.07) is 16.7. The molecular formula is C22H20N2O5. The van der Waals surface area contributed by atoms with Crippen LogP contribution in [-0.2, 0) is 24.5 Å². The number of nitrogens with zero attached hydrogens (tertiary/aromatic N) is 2. The number of hydrogen-bond donors (Lipinski definition) is 0. The summed E-state index contributed by atoms with van der Waals surface area (Å²) in [5.41, 5.74) is -1.27. The third-order valence-electron chi connectivity index (χ3n) is 5.00. The minimum absolute atomic E-state index is 0.0374. The molecule has 7 heteroatoms. The van der Waals surface area contributed by atoms with Crippen LogP contribution in [0.3, 0.4) is 0 Å². The number of rotatable bonds is 6. The lowest BCUT2D eigenvalue weighted by Crippen LogP contribution is -2.47. The normalized spacial score (nSPS) is 18.1. The van der Waals surface area contributed by atoms with Crippen LogP contribution in [0.5, 0.6) is 5.75 Å². The van der Waals surface area contributed by atoms with Crippen LogP contribution in [0.15, 0.2) is 54.6 Å². The second-order valence-electron chi connectivity index (χ2n) is 6.53. The highest BCUT2D eigenvalue weighted by molar-refractivity contribution is 6.22. The summed E-state index contributed by atoms with van der Waals surface area (Å²) in [6.45, 7) is 1.65. The van der Waals surface area contributed by atoms with E-state index in [0.29, 0.717) is 11.4 Å². The third kappa shape index (κ3) is 3.34. The number of ether oxygens (including phenoxy) is 2. The average molecular weight is 392 g/mol. The van der Waals surface area contributed by atoms with Crippen molar-refractivity contribution in [3.63, 3.8) is 0 Å². The van der Waals surface area contributed by atoms with Gasteiger partial charge in [0.15, 0.2) is 5.41 Å². The summed E-state index contributed by atoms with van der Waals surface area (Å²) in [7, 11) is 1.49. The van der Waals surface area contributed by atoms with Crippen LogP contribution in [0.25, 0.3) is 0 Å². The van der Waals surface area contributed by atoms with Crippen LogP contribution in [-0.4, -0.2) is 31.5 Å². The van der Waals surface area contributed by atoms with Gasteiger partial charge in [0.2, 0.25) is 11.8 Å². The zero-order valence-electron chi connectivity index (χ0n) is 16.1. The molecule has 0 saturated carbocycles. The van der Waals surface area contributed by atoms with Crippen molar-refractivity contribution < 1.29 is 23.9 Å². The molecule has 0 unspecified atom stereocenters. The predicted octanol–water partition coefficient (Wildman–Crippen LogP) is 2.60. The van der Waals surface area contributed by atoms with Crippen molar-refractivity contribution in [3.8, 4) is 11.8 Å². The quantitative estimate of drug-likeness (QED) is 0.554. The fourth-order valence-electron chi connectivity index (χ4n) is 3.57. The van der Waals surface area contributed by atoms with E-state index >= 15 is 0 Å². The number of amides is 2. The third-order valence-corrected chi connectivity index (χ3v) is 5.00. The standard InChI is InChI=1S/C22H20N2O5/c1-3-29-21(27)22(14-23,15-9-11-17(28-2)12-10-15)18-13-19(25)24(20(18)26)16-7-5-4-6-8-16/h4-12,18H,3,13H2,1-2H3/t18-,22-/m1/s1. The number of esters is 1. The van der Waals surface area contributed by atoms with Crippen LogP contribution in [0.4, 0.5) is 5.69 Å². The van der Waals surface area contributed by atoms with Crippen molar-refractivity contribution >= 4 is 23.5 Å². The Kier molecular flexibility index (Phi) is 5.64. The number of carbonyl (C=O) groups excluding carboxylic acids is 3. The summed E-state index contributed by atoms with van der Waals surface area (Å²) in [4.78, 5) is 39.9. The number of carbonyl (C=O) groups is 3. The molecule has 0 N–H and O–H groups in total. The molecule has 148 valence electrons. The molecule has 0 spiro atoms. The molecule has 3 rings (SSSR count). The molecule has 2 atom stereocenters. The van der Waals surface area contributed by atoms with E-state index in [4.69, 9.17) is 9.47 Å². The van der Waals surface area contributed by atoms with E-state index in [1.807, 2.05) is 6.07 Å². The summed E-state index contributed by atoms with van der Waals surface area (Å²) >= 11 is 0. The van der Waals surface area contributed by atoms with Gasteiger partial charge in [0.05, 0.1) is 31.4 Å². The maximum atomic E-state index is 13.2. The Bertz CT molecular complexity index is 965. The van der Waals surface area contributed by atoms with Gasteiger partial charge in [0.25, 0.3) is 0 Å². The molecule has 1 saturated heterocycles. The Morgan fingerprint density at radius 2 is 1.83 bits per heavy atom. The van der Waals surface area contributed by atoms with E-state index in [1.165, 1.54) is 7.11 Å². The number of methoxy groups -OCH3 is 1. The molecule has 0 aliphatic carbocycles. The van der Waals surface area contributed by atoms with Crippen LogP contribution in [0, 0.1) is 17.2 Å². The molecule has 29 heavy (non-hydrogen) atoms. The predicted molar refractivity (Wildman–Crippen MR) is 104 cm³/mol. The minimum Gasteiger partial charge on any atom is -0.497 e. The first-order valence-corrected chi connectivity index (χ1v) is 9.14. The SMILES string of the molecule is CCOC(=O)[C@](C#N)(c1ccc(OC)cc1)[C@@H]1CC(=O)N(c2ccccc2)C1=O. The Balaban J connectivity index is 2.11. The van der Waals surface area contributed by atoms with Crippen molar-refractivity contribution in [1.82, 2.24) is 0 Å². The number of imide groups is 1. The minimum atomic E-state index is -1.95. The van der Waals surface area contributed by atoms with Gasteiger partial charge in [-0.05, 0) is 36.8 Å². The highest BCUT2D eigenvalue weighted by atomic mass is 16.5. The maximum Gasteiger partial charge on any atom is 0.331 e. The molecule has 1 heterocycles. The Hall–Kier alpha value is -3.66. The number of anilines is 1. The van der Waals surface area contributed by atoms with Crippen molar-refractivity contribution in [1.29, 1.82) is 5.26 Å². The lowest BCUT2D eigenvalue weighted by atomic mass is 9.70. The van der Waals surface area contributed by atoms with Crippen LogP contribution >= 0.6 is 0 Å². The van der Waals surface area contributed by atoms with Crippen LogP contribution < -0.4 is 9.64 Å². The van der Waals surface area contributed by atoms with E-state index in [2.05, 4.69) is 0 Å². The first kappa shape index (κ1) is 20.1. The van der Waals surface area contributed by atoms with Crippen molar-refractivity contribution in [2.24, 2.45) is 5.92 Å². The zero-order valence-corrected chi connectivity index (χ0v) is 16.1. The van der Waals surface area contributed by atoms with Crippen LogP contribution in [0.2, 0.25) is 0 Å². The molecule has 2 aromatic carbocycles. The van der Waals surface area contributed by atoms with E-state index in [0.717, 1.165) is 4.90 Å². The molecule has 2 aromatic rings. The molecule has 2 amide bonds. The number of hydrogen-bond acceptors (Lipinski definition) is 6. The Labute approximate surface area is 168 Å². The molecular weight excluding hydrogens is 372 g/mol. The summed E-state index contributed by atoms with van der Waals surface area (Å²) in [5, 5.41) is 10.1. The molecule has 7 nitrogen and oxygen atoms in total. The lowest BCUT2D eigenvalue weighted by molar-refractivity contribution is -0.151. The second kappa shape index (κ2) is 8.15. The number of benzene rings is 2. The van der Waals surface area contributed by atoms with E-state index in [9.17, 15) is 19.6 Å². The summed E-state index contributed by atoms with van der Waals surface area (Å²) in [6.07, 6.45) is -0.272. The fraction of sp³-hybridized carbons (Fsp3) is 0.273. The van der Waals surface area contributed by atoms with Gasteiger partial charge in [0, 0.05) is 6.42 Å². The van der Waals surface area contributed by atoms with Gasteiger partial charge >= 0.3 is 5.97 Å².